The second kappa shape index (κ2) is 10.0. The summed E-state index contributed by atoms with van der Waals surface area (Å²) in [6.07, 6.45) is -0.823. The van der Waals surface area contributed by atoms with Crippen LogP contribution in [0.2, 0.25) is 0 Å². The predicted octanol–water partition coefficient (Wildman–Crippen LogP) is 3.18. The third-order valence-corrected chi connectivity index (χ3v) is 3.74. The van der Waals surface area contributed by atoms with Crippen LogP contribution in [-0.2, 0) is 14.3 Å². The number of hydrogen-bond donors (Lipinski definition) is 0. The molecule has 0 bridgehead atoms. The molecule has 0 saturated heterocycles. The number of carbonyl (C=O) groups excluding carboxylic acids is 2. The lowest BCUT2D eigenvalue weighted by molar-refractivity contribution is -0.384. The molecule has 1 amide bonds. The first-order valence-electron chi connectivity index (χ1n) is 8.40. The molecule has 0 N–H and O–H groups in total. The van der Waals surface area contributed by atoms with Gasteiger partial charge in [-0.25, -0.2) is 9.59 Å². The van der Waals surface area contributed by atoms with Crippen LogP contribution in [-0.4, -0.2) is 43.4 Å². The van der Waals surface area contributed by atoms with Gasteiger partial charge in [-0.05, 0) is 31.2 Å². The number of para-hydroxylation sites is 1. The SMILES string of the molecule is COCCOC(=O)[C@H](C)N(C(=O)Oc1ccc([N+](=O)[O-])cc1)c1ccccc1. The van der Waals surface area contributed by atoms with Crippen LogP contribution in [0, 0.1) is 10.1 Å². The van der Waals surface area contributed by atoms with E-state index in [0.29, 0.717) is 5.69 Å². The number of rotatable bonds is 8. The Morgan fingerprint density at radius 1 is 1.07 bits per heavy atom. The molecular formula is C19H20N2O7. The molecular weight excluding hydrogens is 368 g/mol. The molecule has 2 aromatic rings. The van der Waals surface area contributed by atoms with Gasteiger partial charge in [-0.15, -0.1) is 0 Å². The van der Waals surface area contributed by atoms with Crippen LogP contribution < -0.4 is 9.64 Å². The fourth-order valence-electron chi connectivity index (χ4n) is 2.31. The fraction of sp³-hybridized carbons (Fsp3) is 0.263. The first-order valence-corrected chi connectivity index (χ1v) is 8.40. The molecule has 28 heavy (non-hydrogen) atoms. The van der Waals surface area contributed by atoms with E-state index in [1.165, 1.54) is 38.3 Å². The van der Waals surface area contributed by atoms with Crippen molar-refractivity contribution in [3.63, 3.8) is 0 Å². The zero-order valence-electron chi connectivity index (χ0n) is 15.4. The summed E-state index contributed by atoms with van der Waals surface area (Å²) >= 11 is 0. The van der Waals surface area contributed by atoms with Gasteiger partial charge in [0.25, 0.3) is 5.69 Å². The molecule has 1 atom stereocenters. The maximum Gasteiger partial charge on any atom is 0.420 e. The van der Waals surface area contributed by atoms with E-state index >= 15 is 0 Å². The van der Waals surface area contributed by atoms with Gasteiger partial charge in [0.15, 0.2) is 0 Å². The highest BCUT2D eigenvalue weighted by Crippen LogP contribution is 2.22. The Kier molecular flexibility index (Phi) is 7.46. The highest BCUT2D eigenvalue weighted by molar-refractivity contribution is 5.96. The lowest BCUT2D eigenvalue weighted by Crippen LogP contribution is -2.46. The van der Waals surface area contributed by atoms with Gasteiger partial charge in [-0.2, -0.15) is 0 Å². The molecule has 0 radical (unpaired) electrons. The van der Waals surface area contributed by atoms with Crippen molar-refractivity contribution in [2.75, 3.05) is 25.2 Å². The predicted molar refractivity (Wildman–Crippen MR) is 100 cm³/mol. The van der Waals surface area contributed by atoms with Crippen molar-refractivity contribution in [1.82, 2.24) is 0 Å². The van der Waals surface area contributed by atoms with Crippen LogP contribution in [0.25, 0.3) is 0 Å². The van der Waals surface area contributed by atoms with Gasteiger partial charge < -0.3 is 14.2 Å². The molecule has 0 spiro atoms. The van der Waals surface area contributed by atoms with Gasteiger partial charge in [0.2, 0.25) is 0 Å². The van der Waals surface area contributed by atoms with Gasteiger partial charge >= 0.3 is 12.1 Å². The summed E-state index contributed by atoms with van der Waals surface area (Å²) in [7, 11) is 1.48. The molecule has 0 saturated carbocycles. The van der Waals surface area contributed by atoms with Crippen molar-refractivity contribution in [1.29, 1.82) is 0 Å². The Labute approximate surface area is 161 Å². The van der Waals surface area contributed by atoms with E-state index in [1.54, 1.807) is 30.3 Å². The molecule has 0 aromatic heterocycles. The molecule has 2 rings (SSSR count). The number of nitro benzene ring substituents is 1. The molecule has 0 aliphatic heterocycles. The largest absolute Gasteiger partial charge is 0.462 e. The van der Waals surface area contributed by atoms with E-state index in [2.05, 4.69) is 0 Å². The topological polar surface area (TPSA) is 108 Å². The lowest BCUT2D eigenvalue weighted by atomic mass is 10.2. The van der Waals surface area contributed by atoms with E-state index in [4.69, 9.17) is 14.2 Å². The fourth-order valence-corrected chi connectivity index (χ4v) is 2.31. The quantitative estimate of drug-likeness (QED) is 0.296. The van der Waals surface area contributed by atoms with Gasteiger partial charge in [0, 0.05) is 24.9 Å². The van der Waals surface area contributed by atoms with Crippen molar-refractivity contribution in [3.05, 3.63) is 64.7 Å². The summed E-state index contributed by atoms with van der Waals surface area (Å²) in [5.41, 5.74) is 0.306. The molecule has 0 aliphatic carbocycles. The van der Waals surface area contributed by atoms with Gasteiger partial charge in [0.05, 0.1) is 11.5 Å². The smallest absolute Gasteiger partial charge is 0.420 e. The van der Waals surface area contributed by atoms with Crippen LogP contribution in [0.4, 0.5) is 16.2 Å². The Balaban J connectivity index is 2.19. The summed E-state index contributed by atoms with van der Waals surface area (Å²) in [6.45, 7) is 1.80. The molecule has 9 nitrogen and oxygen atoms in total. The number of nitrogens with zero attached hydrogens (tertiary/aromatic N) is 2. The van der Waals surface area contributed by atoms with E-state index < -0.39 is 23.0 Å². The normalized spacial score (nSPS) is 11.4. The second-order valence-electron chi connectivity index (χ2n) is 5.66. The Hall–Kier alpha value is -3.46. The molecule has 2 aromatic carbocycles. The zero-order valence-corrected chi connectivity index (χ0v) is 15.4. The number of carbonyl (C=O) groups is 2. The monoisotopic (exact) mass is 388 g/mol. The maximum atomic E-state index is 12.7. The van der Waals surface area contributed by atoms with Gasteiger partial charge in [-0.3, -0.25) is 15.0 Å². The lowest BCUT2D eigenvalue weighted by Gasteiger charge is -2.27. The Morgan fingerprint density at radius 2 is 1.71 bits per heavy atom. The van der Waals surface area contributed by atoms with Crippen molar-refractivity contribution in [2.45, 2.75) is 13.0 Å². The average Bonchev–Trinajstić information content (AvgIpc) is 2.69. The standard InChI is InChI=1S/C19H20N2O7/c1-14(18(22)27-13-12-26-2)20(15-6-4-3-5-7-15)19(23)28-17-10-8-16(9-11-17)21(24)25/h3-11,14H,12-13H2,1-2H3/t14-/m0/s1. The minimum atomic E-state index is -0.968. The number of nitro groups is 1. The molecule has 0 aliphatic rings. The minimum Gasteiger partial charge on any atom is -0.462 e. The number of benzene rings is 2. The van der Waals surface area contributed by atoms with Gasteiger partial charge in [-0.1, -0.05) is 18.2 Å². The number of amides is 1. The number of hydrogen-bond acceptors (Lipinski definition) is 7. The highest BCUT2D eigenvalue weighted by atomic mass is 16.6. The molecule has 148 valence electrons. The van der Waals surface area contributed by atoms with Gasteiger partial charge in [0.1, 0.15) is 18.4 Å². The van der Waals surface area contributed by atoms with E-state index in [-0.39, 0.29) is 24.7 Å². The minimum absolute atomic E-state index is 0.0553. The number of methoxy groups -OCH3 is 1. The van der Waals surface area contributed by atoms with Crippen molar-refractivity contribution in [2.24, 2.45) is 0 Å². The summed E-state index contributed by atoms with van der Waals surface area (Å²) < 4.78 is 15.2. The second-order valence-corrected chi connectivity index (χ2v) is 5.66. The molecule has 0 fully saturated rings. The van der Waals surface area contributed by atoms with Crippen LogP contribution >= 0.6 is 0 Å². The van der Waals surface area contributed by atoms with Crippen LogP contribution in [0.15, 0.2) is 54.6 Å². The zero-order chi connectivity index (χ0) is 20.5. The molecule has 9 heteroatoms. The first-order chi connectivity index (χ1) is 13.4. The average molecular weight is 388 g/mol. The van der Waals surface area contributed by atoms with Crippen LogP contribution in [0.1, 0.15) is 6.92 Å². The number of esters is 1. The highest BCUT2D eigenvalue weighted by Gasteiger charge is 2.30. The Bertz CT molecular complexity index is 809. The first kappa shape index (κ1) is 20.8. The summed E-state index contributed by atoms with van der Waals surface area (Å²) in [5, 5.41) is 10.7. The summed E-state index contributed by atoms with van der Waals surface area (Å²) in [4.78, 5) is 36.4. The van der Waals surface area contributed by atoms with Crippen molar-refractivity contribution >= 4 is 23.4 Å². The maximum absolute atomic E-state index is 12.7. The van der Waals surface area contributed by atoms with Crippen molar-refractivity contribution in [3.8, 4) is 5.75 Å². The number of ether oxygens (including phenoxy) is 3. The molecule has 0 unspecified atom stereocenters. The molecule has 0 heterocycles. The van der Waals surface area contributed by atoms with E-state index in [1.807, 2.05) is 0 Å². The number of non-ortho nitro benzene ring substituents is 1. The van der Waals surface area contributed by atoms with E-state index in [9.17, 15) is 19.7 Å². The van der Waals surface area contributed by atoms with Crippen molar-refractivity contribution < 1.29 is 28.7 Å². The summed E-state index contributed by atoms with van der Waals surface area (Å²) in [6, 6.07) is 12.6. The third kappa shape index (κ3) is 5.52. The number of anilines is 1. The third-order valence-electron chi connectivity index (χ3n) is 3.74. The van der Waals surface area contributed by atoms with E-state index in [0.717, 1.165) is 4.90 Å². The van der Waals surface area contributed by atoms with Crippen LogP contribution in [0.3, 0.4) is 0 Å². The Morgan fingerprint density at radius 3 is 2.29 bits per heavy atom. The summed E-state index contributed by atoms with van der Waals surface area (Å²) in [5.74, 6) is -0.516. The van der Waals surface area contributed by atoms with Crippen LogP contribution in [0.5, 0.6) is 5.75 Å².